The smallest absolute Gasteiger partial charge is 0.280 e. The van der Waals surface area contributed by atoms with Crippen molar-refractivity contribution >= 4 is 38.4 Å². The van der Waals surface area contributed by atoms with Crippen molar-refractivity contribution in [2.75, 3.05) is 5.43 Å². The Morgan fingerprint density at radius 2 is 1.97 bits per heavy atom. The molecule has 3 heterocycles. The fourth-order valence-corrected chi connectivity index (χ4v) is 4.21. The van der Waals surface area contributed by atoms with E-state index >= 15 is 0 Å². The minimum absolute atomic E-state index is 0.305. The highest BCUT2D eigenvalue weighted by atomic mass is 32.1. The van der Waals surface area contributed by atoms with E-state index in [9.17, 15) is 9.59 Å². The lowest BCUT2D eigenvalue weighted by molar-refractivity contribution is 0.101. The first-order chi connectivity index (χ1) is 14.6. The fraction of sp³-hybridized carbons (Fsp3) is 0.0909. The van der Waals surface area contributed by atoms with Gasteiger partial charge in [0.25, 0.3) is 11.5 Å². The summed E-state index contributed by atoms with van der Waals surface area (Å²) in [6.07, 6.45) is 2.17. The lowest BCUT2D eigenvalue weighted by Gasteiger charge is -2.07. The van der Waals surface area contributed by atoms with Crippen molar-refractivity contribution in [2.45, 2.75) is 13.3 Å². The van der Waals surface area contributed by atoms with Crippen molar-refractivity contribution in [3.05, 3.63) is 81.7 Å². The van der Waals surface area contributed by atoms with Crippen LogP contribution in [-0.2, 0) is 6.42 Å². The molecule has 0 bridgehead atoms. The summed E-state index contributed by atoms with van der Waals surface area (Å²) in [6, 6.07) is 16.5. The molecular formula is C22H16N4O3S. The molecule has 1 amide bonds. The van der Waals surface area contributed by atoms with E-state index in [1.807, 2.05) is 43.3 Å². The van der Waals surface area contributed by atoms with Gasteiger partial charge in [0.1, 0.15) is 16.7 Å². The van der Waals surface area contributed by atoms with E-state index in [0.717, 1.165) is 26.9 Å². The van der Waals surface area contributed by atoms with E-state index in [4.69, 9.17) is 4.52 Å². The van der Waals surface area contributed by atoms with Crippen LogP contribution in [-0.4, -0.2) is 20.7 Å². The number of nitrogens with one attached hydrogen (secondary N) is 1. The Morgan fingerprint density at radius 1 is 1.13 bits per heavy atom. The number of rotatable bonds is 4. The van der Waals surface area contributed by atoms with E-state index < -0.39 is 5.91 Å². The lowest BCUT2D eigenvalue weighted by Crippen LogP contribution is -2.33. The maximum atomic E-state index is 12.8. The van der Waals surface area contributed by atoms with Gasteiger partial charge in [-0.2, -0.15) is 0 Å². The molecule has 8 heteroatoms. The van der Waals surface area contributed by atoms with Gasteiger partial charge < -0.3 is 4.52 Å². The molecule has 0 saturated heterocycles. The number of aryl methyl sites for hydroxylation is 1. The minimum Gasteiger partial charge on any atom is -0.355 e. The molecule has 0 fully saturated rings. The number of fused-ring (bicyclic) bond motifs is 2. The molecule has 30 heavy (non-hydrogen) atoms. The zero-order valence-corrected chi connectivity index (χ0v) is 16.8. The van der Waals surface area contributed by atoms with Gasteiger partial charge in [-0.3, -0.25) is 15.0 Å². The number of hydrogen-bond acceptors (Lipinski definition) is 6. The summed E-state index contributed by atoms with van der Waals surface area (Å²) < 4.78 is 6.61. The van der Waals surface area contributed by atoms with Crippen LogP contribution >= 0.6 is 11.3 Å². The molecule has 5 rings (SSSR count). The van der Waals surface area contributed by atoms with E-state index in [1.54, 1.807) is 18.2 Å². The third-order valence-corrected chi connectivity index (χ3v) is 6.04. The molecule has 0 aliphatic heterocycles. The van der Waals surface area contributed by atoms with Crippen molar-refractivity contribution < 1.29 is 9.32 Å². The number of benzene rings is 2. The quantitative estimate of drug-likeness (QED) is 0.474. The van der Waals surface area contributed by atoms with Crippen molar-refractivity contribution in [1.29, 1.82) is 0 Å². The Balaban J connectivity index is 1.50. The summed E-state index contributed by atoms with van der Waals surface area (Å²) >= 11 is 1.48. The lowest BCUT2D eigenvalue weighted by atomic mass is 10.1. The van der Waals surface area contributed by atoms with Gasteiger partial charge in [-0.1, -0.05) is 42.4 Å². The van der Waals surface area contributed by atoms with Crippen LogP contribution < -0.4 is 11.0 Å². The highest BCUT2D eigenvalue weighted by molar-refractivity contribution is 7.18. The largest absolute Gasteiger partial charge is 0.355 e. The average Bonchev–Trinajstić information content (AvgIpc) is 3.40. The SMILES string of the molecule is CCc1cc2c(=O)n(NC(=O)c3ccc4noc(-c5ccccc5)c4c3)cnc2s1. The van der Waals surface area contributed by atoms with Crippen LogP contribution in [0.3, 0.4) is 0 Å². The fourth-order valence-electron chi connectivity index (χ4n) is 3.28. The monoisotopic (exact) mass is 416 g/mol. The predicted octanol–water partition coefficient (Wildman–Crippen LogP) is 4.21. The van der Waals surface area contributed by atoms with Crippen molar-refractivity contribution in [1.82, 2.24) is 14.8 Å². The molecule has 0 aliphatic carbocycles. The maximum absolute atomic E-state index is 12.8. The first-order valence-electron chi connectivity index (χ1n) is 9.40. The molecule has 0 aliphatic rings. The summed E-state index contributed by atoms with van der Waals surface area (Å²) in [7, 11) is 0. The summed E-state index contributed by atoms with van der Waals surface area (Å²) in [5.74, 6) is 0.164. The van der Waals surface area contributed by atoms with Gasteiger partial charge in [0.2, 0.25) is 0 Å². The van der Waals surface area contributed by atoms with Gasteiger partial charge >= 0.3 is 0 Å². The molecular weight excluding hydrogens is 400 g/mol. The van der Waals surface area contributed by atoms with Gasteiger partial charge in [0.05, 0.1) is 10.8 Å². The van der Waals surface area contributed by atoms with Crippen molar-refractivity contribution in [3.63, 3.8) is 0 Å². The molecule has 148 valence electrons. The van der Waals surface area contributed by atoms with Gasteiger partial charge in [-0.15, -0.1) is 11.3 Å². The molecule has 7 nitrogen and oxygen atoms in total. The van der Waals surface area contributed by atoms with E-state index in [0.29, 0.717) is 27.1 Å². The summed E-state index contributed by atoms with van der Waals surface area (Å²) in [4.78, 5) is 31.6. The molecule has 0 spiro atoms. The molecule has 0 saturated carbocycles. The highest BCUT2D eigenvalue weighted by Gasteiger charge is 2.15. The number of nitrogens with zero attached hydrogens (tertiary/aromatic N) is 3. The molecule has 0 unspecified atom stereocenters. The third-order valence-electron chi connectivity index (χ3n) is 4.85. The Kier molecular flexibility index (Phi) is 4.40. The number of aromatic nitrogens is 3. The van der Waals surface area contributed by atoms with E-state index in [2.05, 4.69) is 15.6 Å². The average molecular weight is 416 g/mol. The van der Waals surface area contributed by atoms with Crippen LogP contribution in [0.2, 0.25) is 0 Å². The van der Waals surface area contributed by atoms with Crippen LogP contribution in [0.4, 0.5) is 0 Å². The van der Waals surface area contributed by atoms with Gasteiger partial charge in [0.15, 0.2) is 5.76 Å². The second-order valence-electron chi connectivity index (χ2n) is 6.76. The number of amides is 1. The van der Waals surface area contributed by atoms with Crippen LogP contribution in [0.25, 0.3) is 32.4 Å². The topological polar surface area (TPSA) is 90.0 Å². The van der Waals surface area contributed by atoms with Crippen molar-refractivity contribution in [2.24, 2.45) is 0 Å². The second-order valence-corrected chi connectivity index (χ2v) is 7.87. The minimum atomic E-state index is -0.425. The van der Waals surface area contributed by atoms with E-state index in [1.165, 1.54) is 17.7 Å². The van der Waals surface area contributed by atoms with E-state index in [-0.39, 0.29) is 5.56 Å². The van der Waals surface area contributed by atoms with Gasteiger partial charge in [-0.25, -0.2) is 9.66 Å². The molecule has 2 aromatic carbocycles. The third kappa shape index (κ3) is 3.07. The van der Waals surface area contributed by atoms with Crippen LogP contribution in [0.5, 0.6) is 0 Å². The van der Waals surface area contributed by atoms with Gasteiger partial charge in [-0.05, 0) is 30.7 Å². The maximum Gasteiger partial charge on any atom is 0.280 e. The zero-order valence-electron chi connectivity index (χ0n) is 16.0. The molecule has 5 aromatic rings. The number of thiophene rings is 1. The van der Waals surface area contributed by atoms with Crippen LogP contribution in [0.1, 0.15) is 22.2 Å². The number of carbonyl (C=O) groups is 1. The summed E-state index contributed by atoms with van der Waals surface area (Å²) in [5.41, 5.74) is 4.21. The molecule has 0 atom stereocenters. The van der Waals surface area contributed by atoms with Crippen LogP contribution in [0.15, 0.2) is 70.2 Å². The molecule has 0 radical (unpaired) electrons. The van der Waals surface area contributed by atoms with Crippen LogP contribution in [0, 0.1) is 0 Å². The Morgan fingerprint density at radius 3 is 2.77 bits per heavy atom. The second kappa shape index (κ2) is 7.23. The number of hydrogen-bond donors (Lipinski definition) is 1. The summed E-state index contributed by atoms with van der Waals surface area (Å²) in [5, 5.41) is 5.29. The van der Waals surface area contributed by atoms with Gasteiger partial charge in [0, 0.05) is 16.0 Å². The Hall–Kier alpha value is -3.78. The normalized spacial score (nSPS) is 11.2. The Labute approximate surface area is 174 Å². The molecule has 3 aromatic heterocycles. The first-order valence-corrected chi connectivity index (χ1v) is 10.2. The predicted molar refractivity (Wildman–Crippen MR) is 116 cm³/mol. The summed E-state index contributed by atoms with van der Waals surface area (Å²) in [6.45, 7) is 2.02. The molecule has 1 N–H and O–H groups in total. The highest BCUT2D eigenvalue weighted by Crippen LogP contribution is 2.29. The standard InChI is InChI=1S/C22H16N4O3S/c1-2-15-11-17-21(30-15)23-12-26(22(17)28)24-20(27)14-8-9-18-16(10-14)19(29-25-18)13-6-4-3-5-7-13/h3-12H,2H2,1H3,(H,24,27). The zero-order chi connectivity index (χ0) is 20.7. The Bertz CT molecular complexity index is 1450. The first kappa shape index (κ1) is 18.3. The number of carbonyl (C=O) groups excluding carboxylic acids is 1. The van der Waals surface area contributed by atoms with Crippen molar-refractivity contribution in [3.8, 4) is 11.3 Å².